The van der Waals surface area contributed by atoms with E-state index in [2.05, 4.69) is 58.6 Å². The minimum Gasteiger partial charge on any atom is -0.296 e. The van der Waals surface area contributed by atoms with E-state index in [4.69, 9.17) is 0 Å². The van der Waals surface area contributed by atoms with Gasteiger partial charge in [0, 0.05) is 37.5 Å². The third-order valence-corrected chi connectivity index (χ3v) is 7.86. The van der Waals surface area contributed by atoms with Gasteiger partial charge in [0.2, 0.25) is 0 Å². The zero-order valence-corrected chi connectivity index (χ0v) is 20.8. The number of aromatic amines is 1. The van der Waals surface area contributed by atoms with Crippen molar-refractivity contribution in [2.45, 2.75) is 19.6 Å². The second-order valence-corrected chi connectivity index (χ2v) is 10.5. The van der Waals surface area contributed by atoms with E-state index >= 15 is 0 Å². The Kier molecular flexibility index (Phi) is 6.20. The van der Waals surface area contributed by atoms with E-state index in [1.807, 2.05) is 66.9 Å². The number of rotatable bonds is 6. The number of H-pyrrole nitrogens is 1. The van der Waals surface area contributed by atoms with Crippen LogP contribution >= 0.6 is 23.5 Å². The molecule has 1 N–H and O–H groups in total. The summed E-state index contributed by atoms with van der Waals surface area (Å²) in [6.07, 6.45) is 3.51. The van der Waals surface area contributed by atoms with Gasteiger partial charge in [-0.25, -0.2) is 9.50 Å². The number of nitrogens with one attached hydrogen (secondary N) is 1. The van der Waals surface area contributed by atoms with Crippen LogP contribution in [0.3, 0.4) is 0 Å². The van der Waals surface area contributed by atoms with E-state index in [1.165, 1.54) is 14.3 Å². The van der Waals surface area contributed by atoms with Crippen molar-refractivity contribution in [3.05, 3.63) is 132 Å². The molecule has 0 spiro atoms. The van der Waals surface area contributed by atoms with Crippen molar-refractivity contribution < 1.29 is 0 Å². The van der Waals surface area contributed by atoms with Crippen LogP contribution < -0.4 is 5.56 Å². The fourth-order valence-electron chi connectivity index (χ4n) is 4.02. The van der Waals surface area contributed by atoms with Crippen LogP contribution in [-0.4, -0.2) is 14.6 Å². The lowest BCUT2D eigenvalue weighted by Gasteiger charge is -2.06. The molecule has 2 aromatic heterocycles. The summed E-state index contributed by atoms with van der Waals surface area (Å²) in [5.74, 6) is 0. The molecule has 0 atom stereocenters. The molecule has 0 radical (unpaired) electrons. The van der Waals surface area contributed by atoms with Gasteiger partial charge in [0.05, 0.1) is 5.56 Å². The molecule has 6 rings (SSSR count). The molecule has 36 heavy (non-hydrogen) atoms. The van der Waals surface area contributed by atoms with E-state index in [0.29, 0.717) is 11.2 Å². The van der Waals surface area contributed by atoms with Crippen LogP contribution in [0.15, 0.2) is 146 Å². The van der Waals surface area contributed by atoms with Crippen molar-refractivity contribution >= 4 is 29.2 Å². The molecule has 0 bridgehead atoms. The Balaban J connectivity index is 1.25. The quantitative estimate of drug-likeness (QED) is 0.253. The fourth-order valence-corrected chi connectivity index (χ4v) is 5.70. The van der Waals surface area contributed by atoms with Crippen LogP contribution in [0.1, 0.15) is 0 Å². The van der Waals surface area contributed by atoms with E-state index in [0.717, 1.165) is 26.5 Å². The first kappa shape index (κ1) is 22.5. The zero-order chi connectivity index (χ0) is 24.3. The van der Waals surface area contributed by atoms with Gasteiger partial charge in [0.15, 0.2) is 5.65 Å². The van der Waals surface area contributed by atoms with Gasteiger partial charge in [-0.15, -0.1) is 0 Å². The van der Waals surface area contributed by atoms with Crippen LogP contribution in [0.2, 0.25) is 0 Å². The molecule has 0 aliphatic heterocycles. The molecule has 6 heteroatoms. The smallest absolute Gasteiger partial charge is 0.280 e. The second-order valence-electron chi connectivity index (χ2n) is 8.20. The molecule has 0 amide bonds. The predicted molar refractivity (Wildman–Crippen MR) is 148 cm³/mol. The molecule has 4 aromatic carbocycles. The summed E-state index contributed by atoms with van der Waals surface area (Å²) in [4.78, 5) is 22.6. The highest BCUT2D eigenvalue weighted by Crippen LogP contribution is 2.31. The Morgan fingerprint density at radius 3 is 1.58 bits per heavy atom. The minimum atomic E-state index is -0.119. The maximum atomic E-state index is 13.3. The molecule has 0 saturated heterocycles. The summed E-state index contributed by atoms with van der Waals surface area (Å²) >= 11 is 3.41. The maximum absolute atomic E-state index is 13.3. The Hall–Kier alpha value is -4.00. The Labute approximate surface area is 217 Å². The monoisotopic (exact) mass is 503 g/mol. The first-order valence-corrected chi connectivity index (χ1v) is 13.1. The number of nitrogens with zero attached hydrogens (tertiary/aromatic N) is 2. The lowest BCUT2D eigenvalue weighted by Crippen LogP contribution is -2.16. The fraction of sp³-hybridized carbons (Fsp3) is 0. The molecule has 0 saturated carbocycles. The topological polar surface area (TPSA) is 50.2 Å². The van der Waals surface area contributed by atoms with Crippen molar-refractivity contribution in [3.8, 4) is 22.3 Å². The largest absolute Gasteiger partial charge is 0.296 e. The van der Waals surface area contributed by atoms with Gasteiger partial charge in [-0.1, -0.05) is 84.2 Å². The molecular formula is C30H21N3OS2. The second kappa shape index (κ2) is 9.93. The Bertz CT molecular complexity index is 1680. The lowest BCUT2D eigenvalue weighted by atomic mass is 10.1. The summed E-state index contributed by atoms with van der Waals surface area (Å²) in [6.45, 7) is 0. The summed E-state index contributed by atoms with van der Waals surface area (Å²) in [5.41, 5.74) is 3.80. The van der Waals surface area contributed by atoms with E-state index < -0.39 is 0 Å². The first-order chi connectivity index (χ1) is 17.7. The summed E-state index contributed by atoms with van der Waals surface area (Å²) in [7, 11) is 0. The molecule has 0 aliphatic carbocycles. The van der Waals surface area contributed by atoms with E-state index in [9.17, 15) is 4.79 Å². The molecular weight excluding hydrogens is 482 g/mol. The van der Waals surface area contributed by atoms with Crippen molar-refractivity contribution in [1.29, 1.82) is 0 Å². The van der Waals surface area contributed by atoms with Gasteiger partial charge in [0.1, 0.15) is 0 Å². The number of hydrogen-bond acceptors (Lipinski definition) is 4. The molecule has 174 valence electrons. The van der Waals surface area contributed by atoms with Crippen molar-refractivity contribution in [2.75, 3.05) is 0 Å². The maximum Gasteiger partial charge on any atom is 0.280 e. The molecule has 0 aliphatic rings. The Morgan fingerprint density at radius 1 is 0.583 bits per heavy atom. The average Bonchev–Trinajstić information content (AvgIpc) is 3.36. The predicted octanol–water partition coefficient (Wildman–Crippen LogP) is 7.66. The van der Waals surface area contributed by atoms with Crippen LogP contribution in [-0.2, 0) is 0 Å². The van der Waals surface area contributed by atoms with Gasteiger partial charge in [-0.2, -0.15) is 0 Å². The van der Waals surface area contributed by atoms with Gasteiger partial charge in [0.25, 0.3) is 5.56 Å². The average molecular weight is 504 g/mol. The van der Waals surface area contributed by atoms with Crippen LogP contribution in [0.25, 0.3) is 27.9 Å². The molecule has 0 unspecified atom stereocenters. The standard InChI is InChI=1S/C30H21N3OS2/c34-30-28(22-13-17-26(18-14-22)36-24-9-5-2-6-10-24)19-31-29-27(20-32-33(29)30)21-11-15-25(16-12-21)35-23-7-3-1-4-8-23/h1-20,32H. The van der Waals surface area contributed by atoms with Gasteiger partial charge < -0.3 is 0 Å². The summed E-state index contributed by atoms with van der Waals surface area (Å²) < 4.78 is 1.52. The number of hydrogen-bond donors (Lipinski definition) is 1. The molecule has 2 heterocycles. The van der Waals surface area contributed by atoms with Crippen LogP contribution in [0.4, 0.5) is 0 Å². The van der Waals surface area contributed by atoms with Crippen LogP contribution in [0, 0.1) is 0 Å². The molecule has 0 fully saturated rings. The highest BCUT2D eigenvalue weighted by Gasteiger charge is 2.13. The first-order valence-electron chi connectivity index (χ1n) is 11.5. The van der Waals surface area contributed by atoms with Crippen molar-refractivity contribution in [2.24, 2.45) is 0 Å². The molecule has 4 nitrogen and oxygen atoms in total. The minimum absolute atomic E-state index is 0.119. The summed E-state index contributed by atoms with van der Waals surface area (Å²) in [5, 5.41) is 3.10. The highest BCUT2D eigenvalue weighted by atomic mass is 32.2. The Morgan fingerprint density at radius 2 is 1.06 bits per heavy atom. The van der Waals surface area contributed by atoms with Crippen molar-refractivity contribution in [3.63, 3.8) is 0 Å². The van der Waals surface area contributed by atoms with Crippen molar-refractivity contribution in [1.82, 2.24) is 14.6 Å². The van der Waals surface area contributed by atoms with E-state index in [-0.39, 0.29) is 5.56 Å². The number of fused-ring (bicyclic) bond motifs is 1. The van der Waals surface area contributed by atoms with Gasteiger partial charge >= 0.3 is 0 Å². The van der Waals surface area contributed by atoms with Crippen LogP contribution in [0.5, 0.6) is 0 Å². The number of benzene rings is 4. The summed E-state index contributed by atoms with van der Waals surface area (Å²) in [6, 6.07) is 36.9. The highest BCUT2D eigenvalue weighted by molar-refractivity contribution is 7.99. The zero-order valence-electron chi connectivity index (χ0n) is 19.2. The SMILES string of the molecule is O=c1c(-c2ccc(Sc3ccccc3)cc2)cnc2c(-c3ccc(Sc4ccccc4)cc3)c[nH]n12. The lowest BCUT2D eigenvalue weighted by molar-refractivity contribution is 0.902. The number of aromatic nitrogens is 3. The van der Waals surface area contributed by atoms with Gasteiger partial charge in [-0.05, 0) is 59.7 Å². The van der Waals surface area contributed by atoms with E-state index in [1.54, 1.807) is 29.7 Å². The normalized spacial score (nSPS) is 11.1. The molecule has 6 aromatic rings. The third-order valence-electron chi connectivity index (χ3n) is 5.83. The van der Waals surface area contributed by atoms with Gasteiger partial charge in [-0.3, -0.25) is 9.89 Å². The third kappa shape index (κ3) is 4.61.